The third-order valence-corrected chi connectivity index (χ3v) is 4.66. The zero-order chi connectivity index (χ0) is 17.6. The van der Waals surface area contributed by atoms with Crippen molar-refractivity contribution in [1.29, 1.82) is 0 Å². The van der Waals surface area contributed by atoms with E-state index in [0.29, 0.717) is 13.0 Å². The first-order chi connectivity index (χ1) is 11.3. The van der Waals surface area contributed by atoms with Gasteiger partial charge in [-0.3, -0.25) is 4.79 Å². The van der Waals surface area contributed by atoms with Gasteiger partial charge < -0.3 is 5.32 Å². The number of aryl methyl sites for hydroxylation is 2. The molecule has 2 aromatic rings. The lowest BCUT2D eigenvalue weighted by Crippen LogP contribution is -2.22. The van der Waals surface area contributed by atoms with E-state index in [2.05, 4.69) is 29.6 Å². The van der Waals surface area contributed by atoms with Crippen molar-refractivity contribution in [2.75, 3.05) is 0 Å². The second kappa shape index (κ2) is 8.08. The van der Waals surface area contributed by atoms with Gasteiger partial charge in [0.15, 0.2) is 0 Å². The van der Waals surface area contributed by atoms with Gasteiger partial charge in [0, 0.05) is 13.0 Å². The lowest BCUT2D eigenvalue weighted by molar-refractivity contribution is -0.121. The van der Waals surface area contributed by atoms with Gasteiger partial charge in [-0.15, -0.1) is 0 Å². The lowest BCUT2D eigenvalue weighted by atomic mass is 10.1. The van der Waals surface area contributed by atoms with Crippen LogP contribution in [0, 0.1) is 6.92 Å². The Morgan fingerprint density at radius 2 is 1.58 bits per heavy atom. The molecule has 0 aromatic heterocycles. The van der Waals surface area contributed by atoms with E-state index in [1.807, 2.05) is 6.92 Å². The lowest BCUT2D eigenvalue weighted by Gasteiger charge is -2.06. The molecule has 0 unspecified atom stereocenters. The van der Waals surface area contributed by atoms with Gasteiger partial charge in [0.2, 0.25) is 15.9 Å². The number of rotatable bonds is 7. The van der Waals surface area contributed by atoms with Gasteiger partial charge in [0.1, 0.15) is 0 Å². The zero-order valence-corrected chi connectivity index (χ0v) is 14.5. The van der Waals surface area contributed by atoms with Gasteiger partial charge in [-0.1, -0.05) is 42.0 Å². The molecule has 2 aromatic carbocycles. The van der Waals surface area contributed by atoms with Gasteiger partial charge in [-0.05, 0) is 43.0 Å². The summed E-state index contributed by atoms with van der Waals surface area (Å²) in [6, 6.07) is 14.5. The molecule has 24 heavy (non-hydrogen) atoms. The number of nitrogens with one attached hydrogen (secondary N) is 1. The molecule has 0 aliphatic heterocycles. The zero-order valence-electron chi connectivity index (χ0n) is 13.7. The number of benzene rings is 2. The number of hydrogen-bond donors (Lipinski definition) is 2. The van der Waals surface area contributed by atoms with Crippen LogP contribution in [0.3, 0.4) is 0 Å². The van der Waals surface area contributed by atoms with Gasteiger partial charge in [-0.2, -0.15) is 0 Å². The first-order valence-corrected chi connectivity index (χ1v) is 9.33. The summed E-state index contributed by atoms with van der Waals surface area (Å²) in [5.74, 6) is -0.0161. The highest BCUT2D eigenvalue weighted by atomic mass is 32.2. The molecular weight excluding hydrogens is 324 g/mol. The van der Waals surface area contributed by atoms with E-state index in [9.17, 15) is 13.2 Å². The predicted molar refractivity (Wildman–Crippen MR) is 93.8 cm³/mol. The molecule has 6 heteroatoms. The average Bonchev–Trinajstić information content (AvgIpc) is 2.54. The topological polar surface area (TPSA) is 89.3 Å². The van der Waals surface area contributed by atoms with E-state index >= 15 is 0 Å². The summed E-state index contributed by atoms with van der Waals surface area (Å²) in [5, 5.41) is 7.88. The fraction of sp³-hybridized carbons (Fsp3) is 0.278. The summed E-state index contributed by atoms with van der Waals surface area (Å²) in [7, 11) is -3.68. The van der Waals surface area contributed by atoms with E-state index in [1.165, 1.54) is 23.3 Å². The summed E-state index contributed by atoms with van der Waals surface area (Å²) in [6.07, 6.45) is 2.12. The van der Waals surface area contributed by atoms with Crippen molar-refractivity contribution in [3.8, 4) is 0 Å². The molecular formula is C18H22N2O3S. The average molecular weight is 346 g/mol. The van der Waals surface area contributed by atoms with Crippen molar-refractivity contribution in [3.05, 3.63) is 65.2 Å². The molecule has 0 bridgehead atoms. The maximum atomic E-state index is 11.9. The van der Waals surface area contributed by atoms with Gasteiger partial charge >= 0.3 is 0 Å². The molecule has 0 heterocycles. The Kier molecular flexibility index (Phi) is 6.11. The maximum absolute atomic E-state index is 11.9. The van der Waals surface area contributed by atoms with Crippen molar-refractivity contribution < 1.29 is 13.2 Å². The molecule has 0 aliphatic carbocycles. The molecule has 0 saturated heterocycles. The molecule has 2 rings (SSSR count). The van der Waals surface area contributed by atoms with Crippen LogP contribution in [0.2, 0.25) is 0 Å². The SMILES string of the molecule is Cc1ccc(CCCC(=O)NCc2ccc(S(N)(=O)=O)cc2)cc1. The number of amides is 1. The molecule has 0 radical (unpaired) electrons. The highest BCUT2D eigenvalue weighted by Gasteiger charge is 2.07. The van der Waals surface area contributed by atoms with Crippen LogP contribution in [0.1, 0.15) is 29.5 Å². The van der Waals surface area contributed by atoms with Gasteiger partial charge in [0.25, 0.3) is 0 Å². The minimum Gasteiger partial charge on any atom is -0.352 e. The van der Waals surface area contributed by atoms with E-state index in [0.717, 1.165) is 18.4 Å². The fourth-order valence-corrected chi connectivity index (χ4v) is 2.81. The number of sulfonamides is 1. The van der Waals surface area contributed by atoms with E-state index in [-0.39, 0.29) is 10.8 Å². The van der Waals surface area contributed by atoms with Gasteiger partial charge in [0.05, 0.1) is 4.90 Å². The molecule has 3 N–H and O–H groups in total. The number of carbonyl (C=O) groups excluding carboxylic acids is 1. The first kappa shape index (κ1) is 18.2. The van der Waals surface area contributed by atoms with Crippen molar-refractivity contribution in [2.45, 2.75) is 37.6 Å². The highest BCUT2D eigenvalue weighted by molar-refractivity contribution is 7.89. The van der Waals surface area contributed by atoms with Crippen LogP contribution in [-0.2, 0) is 27.8 Å². The van der Waals surface area contributed by atoms with Gasteiger partial charge in [-0.25, -0.2) is 13.6 Å². The molecule has 128 valence electrons. The molecule has 0 spiro atoms. The number of hydrogen-bond acceptors (Lipinski definition) is 3. The summed E-state index contributed by atoms with van der Waals surface area (Å²) >= 11 is 0. The van der Waals surface area contributed by atoms with Crippen LogP contribution < -0.4 is 10.5 Å². The highest BCUT2D eigenvalue weighted by Crippen LogP contribution is 2.09. The van der Waals surface area contributed by atoms with Crippen LogP contribution in [0.4, 0.5) is 0 Å². The Morgan fingerprint density at radius 1 is 1.00 bits per heavy atom. The van der Waals surface area contributed by atoms with Crippen LogP contribution in [0.25, 0.3) is 0 Å². The van der Waals surface area contributed by atoms with Crippen molar-refractivity contribution in [1.82, 2.24) is 5.32 Å². The Labute approximate surface area is 142 Å². The first-order valence-electron chi connectivity index (χ1n) is 7.78. The quantitative estimate of drug-likeness (QED) is 0.806. The van der Waals surface area contributed by atoms with Crippen LogP contribution in [-0.4, -0.2) is 14.3 Å². The number of nitrogens with two attached hydrogens (primary N) is 1. The Balaban J connectivity index is 1.74. The van der Waals surface area contributed by atoms with Crippen molar-refractivity contribution in [3.63, 3.8) is 0 Å². The summed E-state index contributed by atoms with van der Waals surface area (Å²) in [5.41, 5.74) is 3.28. The molecule has 0 saturated carbocycles. The molecule has 0 fully saturated rings. The van der Waals surface area contributed by atoms with Crippen LogP contribution >= 0.6 is 0 Å². The molecule has 0 atom stereocenters. The second-order valence-electron chi connectivity index (χ2n) is 5.80. The molecule has 1 amide bonds. The predicted octanol–water partition coefficient (Wildman–Crippen LogP) is 2.28. The summed E-state index contributed by atoms with van der Waals surface area (Å²) in [6.45, 7) is 2.42. The van der Waals surface area contributed by atoms with E-state index in [1.54, 1.807) is 12.1 Å². The number of primary sulfonamides is 1. The minimum atomic E-state index is -3.68. The van der Waals surface area contributed by atoms with Crippen LogP contribution in [0.5, 0.6) is 0 Å². The largest absolute Gasteiger partial charge is 0.352 e. The Bertz CT molecular complexity index is 782. The monoisotopic (exact) mass is 346 g/mol. The second-order valence-corrected chi connectivity index (χ2v) is 7.37. The van der Waals surface area contributed by atoms with Crippen molar-refractivity contribution in [2.24, 2.45) is 5.14 Å². The Morgan fingerprint density at radius 3 is 2.17 bits per heavy atom. The molecule has 5 nitrogen and oxygen atoms in total. The number of carbonyl (C=O) groups is 1. The van der Waals surface area contributed by atoms with Crippen LogP contribution in [0.15, 0.2) is 53.4 Å². The van der Waals surface area contributed by atoms with Crippen molar-refractivity contribution >= 4 is 15.9 Å². The van der Waals surface area contributed by atoms with E-state index < -0.39 is 10.0 Å². The standard InChI is InChI=1S/C18H22N2O3S/c1-14-5-7-15(8-6-14)3-2-4-18(21)20-13-16-9-11-17(12-10-16)24(19,22)23/h5-12H,2-4,13H2,1H3,(H,20,21)(H2,19,22,23). The normalized spacial score (nSPS) is 11.2. The fourth-order valence-electron chi connectivity index (χ4n) is 2.29. The van der Waals surface area contributed by atoms with E-state index in [4.69, 9.17) is 5.14 Å². The Hall–Kier alpha value is -2.18. The molecule has 0 aliphatic rings. The minimum absolute atomic E-state index is 0.0161. The third kappa shape index (κ3) is 5.79. The summed E-state index contributed by atoms with van der Waals surface area (Å²) < 4.78 is 22.3. The maximum Gasteiger partial charge on any atom is 0.238 e. The summed E-state index contributed by atoms with van der Waals surface area (Å²) in [4.78, 5) is 11.9. The third-order valence-electron chi connectivity index (χ3n) is 3.73. The smallest absolute Gasteiger partial charge is 0.238 e.